The second kappa shape index (κ2) is 4.60. The molecule has 0 bridgehead atoms. The number of nitrogens with one attached hydrogen (secondary N) is 1. The molecule has 4 heteroatoms. The molecule has 0 radical (unpaired) electrons. The van der Waals surface area contributed by atoms with E-state index < -0.39 is 0 Å². The molecule has 3 unspecified atom stereocenters. The number of carbonyl (C=O) groups excluding carboxylic acids is 1. The van der Waals surface area contributed by atoms with Crippen molar-refractivity contribution in [1.29, 1.82) is 0 Å². The number of likely N-dealkylation sites (tertiary alicyclic amines) is 1. The smallest absolute Gasteiger partial charge is 0.256 e. The fourth-order valence-electron chi connectivity index (χ4n) is 3.57. The van der Waals surface area contributed by atoms with E-state index in [1.807, 2.05) is 26.0 Å². The van der Waals surface area contributed by atoms with E-state index in [1.54, 1.807) is 0 Å². The lowest BCUT2D eigenvalue weighted by atomic mass is 10.0. The lowest BCUT2D eigenvalue weighted by Gasteiger charge is -2.28. The zero-order valence-corrected chi connectivity index (χ0v) is 11.8. The van der Waals surface area contributed by atoms with Gasteiger partial charge in [0.2, 0.25) is 0 Å². The Bertz CT molecular complexity index is 514. The van der Waals surface area contributed by atoms with E-state index in [2.05, 4.69) is 22.1 Å². The fraction of sp³-hybridized carbons (Fsp3) is 0.600. The van der Waals surface area contributed by atoms with Gasteiger partial charge in [-0.25, -0.2) is 0 Å². The zero-order chi connectivity index (χ0) is 13.6. The van der Waals surface area contributed by atoms with Crippen LogP contribution in [0.15, 0.2) is 12.1 Å². The van der Waals surface area contributed by atoms with Gasteiger partial charge in [-0.05, 0) is 45.2 Å². The minimum atomic E-state index is 0.147. The Morgan fingerprint density at radius 1 is 1.37 bits per heavy atom. The van der Waals surface area contributed by atoms with Crippen LogP contribution in [0.25, 0.3) is 0 Å². The summed E-state index contributed by atoms with van der Waals surface area (Å²) in [7, 11) is 0. The maximum Gasteiger partial charge on any atom is 0.256 e. The predicted octanol–water partition coefficient (Wildman–Crippen LogP) is 1.52. The fourth-order valence-corrected chi connectivity index (χ4v) is 3.57. The number of rotatable bonds is 1. The van der Waals surface area contributed by atoms with Crippen LogP contribution in [-0.4, -0.2) is 41.0 Å². The third-order valence-electron chi connectivity index (χ3n) is 4.47. The second-order valence-corrected chi connectivity index (χ2v) is 5.87. The summed E-state index contributed by atoms with van der Waals surface area (Å²) in [4.78, 5) is 19.3. The van der Waals surface area contributed by atoms with E-state index in [4.69, 9.17) is 0 Å². The lowest BCUT2D eigenvalue weighted by molar-refractivity contribution is 0.0681. The van der Waals surface area contributed by atoms with Crippen molar-refractivity contribution < 1.29 is 4.79 Å². The van der Waals surface area contributed by atoms with Crippen molar-refractivity contribution in [1.82, 2.24) is 15.2 Å². The highest BCUT2D eigenvalue weighted by Gasteiger charge is 2.44. The van der Waals surface area contributed by atoms with Gasteiger partial charge in [-0.15, -0.1) is 0 Å². The molecule has 3 heterocycles. The van der Waals surface area contributed by atoms with Crippen LogP contribution in [0, 0.1) is 19.8 Å². The molecule has 2 aliphatic heterocycles. The van der Waals surface area contributed by atoms with Crippen molar-refractivity contribution in [3.8, 4) is 0 Å². The first-order valence-corrected chi connectivity index (χ1v) is 7.05. The minimum Gasteiger partial charge on any atom is -0.331 e. The first kappa shape index (κ1) is 12.6. The molecule has 19 heavy (non-hydrogen) atoms. The highest BCUT2D eigenvalue weighted by Crippen LogP contribution is 2.33. The van der Waals surface area contributed by atoms with E-state index in [0.717, 1.165) is 36.5 Å². The van der Waals surface area contributed by atoms with Gasteiger partial charge in [0.1, 0.15) is 0 Å². The summed E-state index contributed by atoms with van der Waals surface area (Å²) >= 11 is 0. The molecule has 102 valence electrons. The van der Waals surface area contributed by atoms with Gasteiger partial charge in [0.15, 0.2) is 0 Å². The molecular weight excluding hydrogens is 238 g/mol. The van der Waals surface area contributed by atoms with E-state index >= 15 is 0 Å². The van der Waals surface area contributed by atoms with E-state index in [9.17, 15) is 4.79 Å². The maximum atomic E-state index is 12.8. The molecule has 0 saturated carbocycles. The van der Waals surface area contributed by atoms with Crippen LogP contribution in [-0.2, 0) is 0 Å². The third-order valence-corrected chi connectivity index (χ3v) is 4.47. The molecule has 0 aliphatic carbocycles. The minimum absolute atomic E-state index is 0.147. The molecule has 2 saturated heterocycles. The standard InChI is InChI=1S/C15H21N3O/c1-9-4-5-13(11(3)17-9)15(19)18-10(2)6-12-7-16-8-14(12)18/h4-5,10,12,14,16H,6-8H2,1-3H3. The summed E-state index contributed by atoms with van der Waals surface area (Å²) in [5.74, 6) is 0.770. The third kappa shape index (κ3) is 2.04. The topological polar surface area (TPSA) is 45.2 Å². The van der Waals surface area contributed by atoms with Crippen LogP contribution < -0.4 is 5.32 Å². The highest BCUT2D eigenvalue weighted by atomic mass is 16.2. The molecule has 1 aromatic rings. The number of aryl methyl sites for hydroxylation is 2. The maximum absolute atomic E-state index is 12.8. The number of fused-ring (bicyclic) bond motifs is 1. The van der Waals surface area contributed by atoms with Crippen molar-refractivity contribution in [2.24, 2.45) is 5.92 Å². The number of carbonyl (C=O) groups is 1. The Morgan fingerprint density at radius 3 is 2.89 bits per heavy atom. The first-order valence-electron chi connectivity index (χ1n) is 7.05. The van der Waals surface area contributed by atoms with E-state index in [1.165, 1.54) is 0 Å². The average Bonchev–Trinajstić information content (AvgIpc) is 2.87. The second-order valence-electron chi connectivity index (χ2n) is 5.87. The Kier molecular flexibility index (Phi) is 3.05. The number of hydrogen-bond acceptors (Lipinski definition) is 3. The SMILES string of the molecule is Cc1ccc(C(=O)N2C(C)CC3CNCC32)c(C)n1. The Hall–Kier alpha value is -1.42. The first-order chi connectivity index (χ1) is 9.08. The lowest BCUT2D eigenvalue weighted by Crippen LogP contribution is -2.43. The molecule has 2 aliphatic rings. The van der Waals surface area contributed by atoms with Gasteiger partial charge in [-0.3, -0.25) is 9.78 Å². The van der Waals surface area contributed by atoms with Crippen LogP contribution in [0.1, 0.15) is 35.1 Å². The number of pyridine rings is 1. The molecule has 1 aromatic heterocycles. The predicted molar refractivity (Wildman–Crippen MR) is 74.1 cm³/mol. The van der Waals surface area contributed by atoms with Crippen molar-refractivity contribution in [3.05, 3.63) is 29.1 Å². The van der Waals surface area contributed by atoms with Gasteiger partial charge in [-0.2, -0.15) is 0 Å². The largest absolute Gasteiger partial charge is 0.331 e. The van der Waals surface area contributed by atoms with Crippen LogP contribution in [0.3, 0.4) is 0 Å². The van der Waals surface area contributed by atoms with Gasteiger partial charge in [0, 0.05) is 30.9 Å². The van der Waals surface area contributed by atoms with Gasteiger partial charge in [0.05, 0.1) is 11.3 Å². The van der Waals surface area contributed by atoms with Crippen LogP contribution in [0.4, 0.5) is 0 Å². The number of amides is 1. The summed E-state index contributed by atoms with van der Waals surface area (Å²) in [5, 5.41) is 3.40. The summed E-state index contributed by atoms with van der Waals surface area (Å²) in [5.41, 5.74) is 2.56. The van der Waals surface area contributed by atoms with Crippen LogP contribution >= 0.6 is 0 Å². The Balaban J connectivity index is 1.90. The number of hydrogen-bond donors (Lipinski definition) is 1. The van der Waals surface area contributed by atoms with Gasteiger partial charge < -0.3 is 10.2 Å². The van der Waals surface area contributed by atoms with Crippen molar-refractivity contribution in [3.63, 3.8) is 0 Å². The molecule has 0 aromatic carbocycles. The van der Waals surface area contributed by atoms with E-state index in [0.29, 0.717) is 18.0 Å². The van der Waals surface area contributed by atoms with E-state index in [-0.39, 0.29) is 5.91 Å². The van der Waals surface area contributed by atoms with Gasteiger partial charge in [0.25, 0.3) is 5.91 Å². The Morgan fingerprint density at radius 2 is 2.16 bits per heavy atom. The molecule has 0 spiro atoms. The summed E-state index contributed by atoms with van der Waals surface area (Å²) in [6.07, 6.45) is 1.11. The highest BCUT2D eigenvalue weighted by molar-refractivity contribution is 5.96. The van der Waals surface area contributed by atoms with Crippen molar-refractivity contribution >= 4 is 5.91 Å². The van der Waals surface area contributed by atoms with Crippen molar-refractivity contribution in [2.45, 2.75) is 39.3 Å². The molecule has 1 N–H and O–H groups in total. The molecule has 3 rings (SSSR count). The van der Waals surface area contributed by atoms with Crippen LogP contribution in [0.5, 0.6) is 0 Å². The molecule has 4 nitrogen and oxygen atoms in total. The number of nitrogens with zero attached hydrogens (tertiary/aromatic N) is 2. The summed E-state index contributed by atoms with van der Waals surface area (Å²) < 4.78 is 0. The Labute approximate surface area is 114 Å². The average molecular weight is 259 g/mol. The van der Waals surface area contributed by atoms with Crippen LogP contribution in [0.2, 0.25) is 0 Å². The molecule has 1 amide bonds. The quantitative estimate of drug-likeness (QED) is 0.831. The normalized spacial score (nSPS) is 29.6. The number of aromatic nitrogens is 1. The van der Waals surface area contributed by atoms with Crippen molar-refractivity contribution in [2.75, 3.05) is 13.1 Å². The molecular formula is C15H21N3O. The monoisotopic (exact) mass is 259 g/mol. The molecule has 2 fully saturated rings. The zero-order valence-electron chi connectivity index (χ0n) is 11.8. The van der Waals surface area contributed by atoms with Gasteiger partial charge in [-0.1, -0.05) is 0 Å². The molecule has 3 atom stereocenters. The summed E-state index contributed by atoms with van der Waals surface area (Å²) in [6.45, 7) is 8.01. The van der Waals surface area contributed by atoms with Gasteiger partial charge >= 0.3 is 0 Å². The summed E-state index contributed by atoms with van der Waals surface area (Å²) in [6, 6.07) is 4.54.